The number of amides is 2. The highest BCUT2D eigenvalue weighted by molar-refractivity contribution is 8.03. The van der Waals surface area contributed by atoms with E-state index in [-0.39, 0.29) is 11.7 Å². The van der Waals surface area contributed by atoms with Gasteiger partial charge in [0, 0.05) is 12.0 Å². The smallest absolute Gasteiger partial charge is 0.243 e. The number of nitrogens with zero attached hydrogens (tertiary/aromatic N) is 2. The number of hydrogen-bond acceptors (Lipinski definition) is 5. The molecule has 1 atom stereocenters. The third-order valence-electron chi connectivity index (χ3n) is 3.53. The molecule has 0 fully saturated rings. The Morgan fingerprint density at radius 2 is 2.14 bits per heavy atom. The first kappa shape index (κ1) is 18.1. The lowest BCUT2D eigenvalue weighted by Crippen LogP contribution is -2.44. The molecular weight excluding hydrogens is 300 g/mol. The van der Waals surface area contributed by atoms with E-state index in [4.69, 9.17) is 5.26 Å². The predicted molar refractivity (Wildman–Crippen MR) is 84.0 cm³/mol. The molecule has 1 aliphatic rings. The SMILES string of the molecule is CCCCNC(=O)CSC1=C(C#N)C(C)(C)[C@H](C#N)C(=O)N1. The van der Waals surface area contributed by atoms with Crippen molar-refractivity contribution in [2.45, 2.75) is 33.6 Å². The Bertz CT molecular complexity index is 569. The number of thioether (sulfide) groups is 1. The molecule has 0 radical (unpaired) electrons. The molecule has 0 unspecified atom stereocenters. The maximum absolute atomic E-state index is 12.0. The van der Waals surface area contributed by atoms with E-state index in [1.54, 1.807) is 13.8 Å². The second-order valence-corrected chi connectivity index (χ2v) is 6.57. The Hall–Kier alpha value is -1.99. The van der Waals surface area contributed by atoms with E-state index >= 15 is 0 Å². The molecule has 2 N–H and O–H groups in total. The van der Waals surface area contributed by atoms with Gasteiger partial charge in [0.15, 0.2) is 0 Å². The Labute approximate surface area is 134 Å². The van der Waals surface area contributed by atoms with Crippen LogP contribution in [0.15, 0.2) is 10.6 Å². The topological polar surface area (TPSA) is 106 Å². The van der Waals surface area contributed by atoms with Crippen molar-refractivity contribution < 1.29 is 9.59 Å². The lowest BCUT2D eigenvalue weighted by Gasteiger charge is -2.34. The Morgan fingerprint density at radius 3 is 2.68 bits per heavy atom. The monoisotopic (exact) mass is 320 g/mol. The fraction of sp³-hybridized carbons (Fsp3) is 0.600. The molecule has 0 spiro atoms. The van der Waals surface area contributed by atoms with Gasteiger partial charge < -0.3 is 10.6 Å². The third kappa shape index (κ3) is 4.02. The minimum atomic E-state index is -0.912. The summed E-state index contributed by atoms with van der Waals surface area (Å²) in [5.74, 6) is -1.36. The van der Waals surface area contributed by atoms with Crippen molar-refractivity contribution in [3.8, 4) is 12.1 Å². The second kappa shape index (κ2) is 7.86. The van der Waals surface area contributed by atoms with Gasteiger partial charge in [0.05, 0.1) is 28.5 Å². The summed E-state index contributed by atoms with van der Waals surface area (Å²) in [5, 5.41) is 24.2. The van der Waals surface area contributed by atoms with Gasteiger partial charge in [-0.25, -0.2) is 0 Å². The van der Waals surface area contributed by atoms with Crippen LogP contribution in [-0.2, 0) is 9.59 Å². The summed E-state index contributed by atoms with van der Waals surface area (Å²) in [4.78, 5) is 23.7. The highest BCUT2D eigenvalue weighted by atomic mass is 32.2. The van der Waals surface area contributed by atoms with Crippen LogP contribution in [0.4, 0.5) is 0 Å². The molecule has 0 bridgehead atoms. The molecule has 7 heteroatoms. The van der Waals surface area contributed by atoms with Crippen molar-refractivity contribution in [2.75, 3.05) is 12.3 Å². The molecule has 0 aromatic rings. The summed E-state index contributed by atoms with van der Waals surface area (Å²) >= 11 is 1.12. The number of hydrogen-bond donors (Lipinski definition) is 2. The fourth-order valence-corrected chi connectivity index (χ4v) is 3.13. The molecule has 0 aromatic carbocycles. The van der Waals surface area contributed by atoms with Crippen molar-refractivity contribution in [2.24, 2.45) is 11.3 Å². The summed E-state index contributed by atoms with van der Waals surface area (Å²) in [6, 6.07) is 4.01. The molecule has 0 saturated carbocycles. The molecular formula is C15H20N4O2S. The number of nitriles is 2. The van der Waals surface area contributed by atoms with E-state index in [9.17, 15) is 14.9 Å². The molecule has 22 heavy (non-hydrogen) atoms. The Kier molecular flexibility index (Phi) is 6.45. The zero-order valence-electron chi connectivity index (χ0n) is 13.0. The lowest BCUT2D eigenvalue weighted by molar-refractivity contribution is -0.125. The van der Waals surface area contributed by atoms with Gasteiger partial charge in [0.2, 0.25) is 11.8 Å². The summed E-state index contributed by atoms with van der Waals surface area (Å²) in [6.45, 7) is 6.05. The van der Waals surface area contributed by atoms with Crippen LogP contribution in [0.3, 0.4) is 0 Å². The zero-order valence-corrected chi connectivity index (χ0v) is 13.8. The van der Waals surface area contributed by atoms with Crippen molar-refractivity contribution in [3.05, 3.63) is 10.6 Å². The van der Waals surface area contributed by atoms with Gasteiger partial charge in [-0.05, 0) is 6.42 Å². The van der Waals surface area contributed by atoms with Crippen molar-refractivity contribution >= 4 is 23.6 Å². The van der Waals surface area contributed by atoms with Crippen LogP contribution in [-0.4, -0.2) is 24.1 Å². The number of unbranched alkanes of at least 4 members (excludes halogenated alkanes) is 1. The van der Waals surface area contributed by atoms with Crippen LogP contribution in [0.2, 0.25) is 0 Å². The maximum Gasteiger partial charge on any atom is 0.243 e. The van der Waals surface area contributed by atoms with E-state index < -0.39 is 17.2 Å². The molecule has 1 rings (SSSR count). The molecule has 118 valence electrons. The van der Waals surface area contributed by atoms with Crippen molar-refractivity contribution in [1.82, 2.24) is 10.6 Å². The average Bonchev–Trinajstić information content (AvgIpc) is 2.44. The number of carbonyl (C=O) groups is 2. The largest absolute Gasteiger partial charge is 0.355 e. The first-order valence-corrected chi connectivity index (χ1v) is 8.11. The van der Waals surface area contributed by atoms with E-state index in [0.717, 1.165) is 24.6 Å². The van der Waals surface area contributed by atoms with Crippen LogP contribution in [0, 0.1) is 34.0 Å². The minimum Gasteiger partial charge on any atom is -0.355 e. The third-order valence-corrected chi connectivity index (χ3v) is 4.53. The Morgan fingerprint density at radius 1 is 1.45 bits per heavy atom. The number of allylic oxidation sites excluding steroid dienone is 1. The predicted octanol–water partition coefficient (Wildman–Crippen LogP) is 1.67. The van der Waals surface area contributed by atoms with Gasteiger partial charge in [-0.2, -0.15) is 10.5 Å². The number of rotatable bonds is 6. The highest BCUT2D eigenvalue weighted by Gasteiger charge is 2.44. The van der Waals surface area contributed by atoms with E-state index in [1.165, 1.54) is 0 Å². The van der Waals surface area contributed by atoms with Crippen LogP contribution >= 0.6 is 11.8 Å². The first-order valence-electron chi connectivity index (χ1n) is 7.13. The van der Waals surface area contributed by atoms with Gasteiger partial charge >= 0.3 is 0 Å². The Balaban J connectivity index is 2.82. The molecule has 0 saturated heterocycles. The normalized spacial score (nSPS) is 19.9. The second-order valence-electron chi connectivity index (χ2n) is 5.58. The summed E-state index contributed by atoms with van der Waals surface area (Å²) in [6.07, 6.45) is 1.91. The summed E-state index contributed by atoms with van der Waals surface area (Å²) in [5.41, 5.74) is -0.530. The molecule has 1 heterocycles. The van der Waals surface area contributed by atoms with Crippen LogP contribution in [0.1, 0.15) is 33.6 Å². The number of carbonyl (C=O) groups excluding carboxylic acids is 2. The molecule has 0 aliphatic carbocycles. The molecule has 6 nitrogen and oxygen atoms in total. The van der Waals surface area contributed by atoms with Crippen LogP contribution in [0.5, 0.6) is 0 Å². The van der Waals surface area contributed by atoms with Gasteiger partial charge in [-0.3, -0.25) is 9.59 Å². The van der Waals surface area contributed by atoms with Gasteiger partial charge in [-0.15, -0.1) is 0 Å². The fourth-order valence-electron chi connectivity index (χ4n) is 2.13. The quantitative estimate of drug-likeness (QED) is 0.724. The zero-order chi connectivity index (χ0) is 16.8. The lowest BCUT2D eigenvalue weighted by atomic mass is 9.72. The van der Waals surface area contributed by atoms with Crippen molar-refractivity contribution in [3.63, 3.8) is 0 Å². The van der Waals surface area contributed by atoms with Gasteiger partial charge in [0.1, 0.15) is 5.92 Å². The van der Waals surface area contributed by atoms with Gasteiger partial charge in [-0.1, -0.05) is 39.0 Å². The van der Waals surface area contributed by atoms with Gasteiger partial charge in [0.25, 0.3) is 0 Å². The van der Waals surface area contributed by atoms with Crippen LogP contribution < -0.4 is 10.6 Å². The summed E-state index contributed by atoms with van der Waals surface area (Å²) in [7, 11) is 0. The average molecular weight is 320 g/mol. The molecule has 2 amide bonds. The molecule has 0 aromatic heterocycles. The standard InChI is InChI=1S/C15H20N4O2S/c1-4-5-6-18-12(20)9-22-14-11(8-17)15(2,3)10(7-16)13(21)19-14/h10H,4-6,9H2,1-3H3,(H,18,20)(H,19,21)/t10-/m1/s1. The van der Waals surface area contributed by atoms with Crippen molar-refractivity contribution in [1.29, 1.82) is 10.5 Å². The minimum absolute atomic E-state index is 0.123. The van der Waals surface area contributed by atoms with Crippen LogP contribution in [0.25, 0.3) is 0 Å². The summed E-state index contributed by atoms with van der Waals surface area (Å²) < 4.78 is 0. The van der Waals surface area contributed by atoms with E-state index in [0.29, 0.717) is 17.1 Å². The first-order chi connectivity index (χ1) is 10.4. The van der Waals surface area contributed by atoms with E-state index in [1.807, 2.05) is 13.0 Å². The number of nitrogens with one attached hydrogen (secondary N) is 2. The maximum atomic E-state index is 12.0. The van der Waals surface area contributed by atoms with E-state index in [2.05, 4.69) is 16.7 Å². The highest BCUT2D eigenvalue weighted by Crippen LogP contribution is 2.41. The molecule has 1 aliphatic heterocycles.